The van der Waals surface area contributed by atoms with Crippen LogP contribution in [0.1, 0.15) is 36.5 Å². The smallest absolute Gasteiger partial charge is 0.343 e. The second-order valence-corrected chi connectivity index (χ2v) is 3.98. The highest BCUT2D eigenvalue weighted by Crippen LogP contribution is 2.21. The Bertz CT molecular complexity index is 389. The van der Waals surface area contributed by atoms with Crippen LogP contribution >= 0.6 is 0 Å². The lowest BCUT2D eigenvalue weighted by atomic mass is 10.1. The third-order valence-electron chi connectivity index (χ3n) is 2.80. The Kier molecular flexibility index (Phi) is 3.90. The number of carbonyl (C=O) groups excluding carboxylic acids is 1. The predicted octanol–water partition coefficient (Wildman–Crippen LogP) is 1.44. The van der Waals surface area contributed by atoms with Crippen molar-refractivity contribution in [3.8, 4) is 0 Å². The number of carbonyl (C=O) groups is 1. The summed E-state index contributed by atoms with van der Waals surface area (Å²) in [6, 6.07) is 0. The lowest BCUT2D eigenvalue weighted by Gasteiger charge is -2.28. The highest BCUT2D eigenvalue weighted by atomic mass is 16.5. The van der Waals surface area contributed by atoms with Gasteiger partial charge in [0, 0.05) is 19.3 Å². The summed E-state index contributed by atoms with van der Waals surface area (Å²) < 4.78 is 5.00. The van der Waals surface area contributed by atoms with Crippen molar-refractivity contribution < 1.29 is 9.53 Å². The fourth-order valence-electron chi connectivity index (χ4n) is 1.99. The molecule has 0 bridgehead atoms. The third-order valence-corrected chi connectivity index (χ3v) is 2.80. The molecule has 2 rings (SSSR count). The quantitative estimate of drug-likeness (QED) is 0.741. The van der Waals surface area contributed by atoms with Crippen molar-refractivity contribution >= 4 is 11.8 Å². The van der Waals surface area contributed by atoms with E-state index in [1.807, 2.05) is 0 Å². The fourth-order valence-corrected chi connectivity index (χ4v) is 1.99. The molecule has 1 aliphatic rings. The lowest BCUT2D eigenvalue weighted by molar-refractivity contribution is 0.0526. The monoisotopic (exact) mass is 234 g/mol. The number of anilines is 1. The van der Waals surface area contributed by atoms with Gasteiger partial charge in [-0.15, -0.1) is 0 Å². The van der Waals surface area contributed by atoms with Crippen molar-refractivity contribution in [2.75, 3.05) is 24.6 Å². The molecule has 0 aromatic carbocycles. The standard InChI is InChI=1S/C12H16N3O2/c1-2-17-12(16)10-8-13-9-14-11(10)15-6-4-3-5-7-15/h8H,2-7H2,1H3. The Morgan fingerprint density at radius 3 is 2.94 bits per heavy atom. The highest BCUT2D eigenvalue weighted by Gasteiger charge is 2.20. The summed E-state index contributed by atoms with van der Waals surface area (Å²) in [5, 5.41) is 0. The van der Waals surface area contributed by atoms with Crippen molar-refractivity contribution in [3.63, 3.8) is 0 Å². The van der Waals surface area contributed by atoms with Gasteiger partial charge in [0.25, 0.3) is 0 Å². The minimum absolute atomic E-state index is 0.358. The van der Waals surface area contributed by atoms with Gasteiger partial charge in [0.1, 0.15) is 11.4 Å². The molecule has 1 aliphatic heterocycles. The van der Waals surface area contributed by atoms with E-state index in [9.17, 15) is 4.79 Å². The van der Waals surface area contributed by atoms with Crippen LogP contribution in [0.25, 0.3) is 0 Å². The van der Waals surface area contributed by atoms with Crippen LogP contribution in [-0.2, 0) is 4.74 Å². The van der Waals surface area contributed by atoms with Crippen molar-refractivity contribution in [3.05, 3.63) is 18.1 Å². The zero-order chi connectivity index (χ0) is 12.1. The lowest BCUT2D eigenvalue weighted by Crippen LogP contribution is -2.32. The minimum Gasteiger partial charge on any atom is -0.462 e. The third kappa shape index (κ3) is 2.72. The van der Waals surface area contributed by atoms with Crippen molar-refractivity contribution in [2.45, 2.75) is 26.2 Å². The molecule has 0 saturated carbocycles. The number of piperidine rings is 1. The van der Waals surface area contributed by atoms with Gasteiger partial charge in [-0.05, 0) is 26.2 Å². The molecule has 1 fully saturated rings. The first-order valence-corrected chi connectivity index (χ1v) is 5.98. The highest BCUT2D eigenvalue weighted by molar-refractivity contribution is 5.94. The molecule has 1 aromatic heterocycles. The maximum Gasteiger partial charge on any atom is 0.343 e. The Morgan fingerprint density at radius 1 is 1.47 bits per heavy atom. The molecule has 17 heavy (non-hydrogen) atoms. The molecule has 1 radical (unpaired) electrons. The van der Waals surface area contributed by atoms with Crippen molar-refractivity contribution in [1.82, 2.24) is 9.97 Å². The van der Waals surface area contributed by atoms with Gasteiger partial charge in [-0.3, -0.25) is 0 Å². The second kappa shape index (κ2) is 5.61. The van der Waals surface area contributed by atoms with E-state index in [0.717, 1.165) is 25.9 Å². The first-order chi connectivity index (χ1) is 8.33. The van der Waals surface area contributed by atoms with Crippen molar-refractivity contribution in [2.24, 2.45) is 0 Å². The minimum atomic E-state index is -0.359. The molecule has 1 aromatic rings. The average molecular weight is 234 g/mol. The van der Waals surface area contributed by atoms with E-state index >= 15 is 0 Å². The number of nitrogens with zero attached hydrogens (tertiary/aromatic N) is 3. The van der Waals surface area contributed by atoms with Crippen molar-refractivity contribution in [1.29, 1.82) is 0 Å². The van der Waals surface area contributed by atoms with Crippen LogP contribution in [0.2, 0.25) is 0 Å². The van der Waals surface area contributed by atoms with Gasteiger partial charge in [-0.2, -0.15) is 0 Å². The summed E-state index contributed by atoms with van der Waals surface area (Å²) in [6.07, 6.45) is 7.53. The first-order valence-electron chi connectivity index (χ1n) is 5.98. The summed E-state index contributed by atoms with van der Waals surface area (Å²) in [4.78, 5) is 21.7. The zero-order valence-electron chi connectivity index (χ0n) is 9.98. The van der Waals surface area contributed by atoms with E-state index in [-0.39, 0.29) is 5.97 Å². The average Bonchev–Trinajstić information content (AvgIpc) is 2.40. The molecule has 0 N–H and O–H groups in total. The topological polar surface area (TPSA) is 55.3 Å². The molecule has 0 unspecified atom stereocenters. The van der Waals surface area contributed by atoms with Gasteiger partial charge >= 0.3 is 5.97 Å². The molecule has 91 valence electrons. The zero-order valence-corrected chi connectivity index (χ0v) is 9.98. The molecular formula is C12H16N3O2. The van der Waals surface area contributed by atoms with Crippen LogP contribution in [0.15, 0.2) is 6.20 Å². The van der Waals surface area contributed by atoms with Crippen LogP contribution in [0.5, 0.6) is 0 Å². The summed E-state index contributed by atoms with van der Waals surface area (Å²) in [6.45, 7) is 4.00. The van der Waals surface area contributed by atoms with Gasteiger partial charge in [0.15, 0.2) is 6.33 Å². The number of ether oxygens (including phenoxy) is 1. The maximum absolute atomic E-state index is 11.8. The number of hydrogen-bond donors (Lipinski definition) is 0. The molecule has 0 spiro atoms. The van der Waals surface area contributed by atoms with Gasteiger partial charge in [0.05, 0.1) is 6.61 Å². The van der Waals surface area contributed by atoms with Crippen LogP contribution < -0.4 is 4.90 Å². The van der Waals surface area contributed by atoms with Crippen LogP contribution in [0.3, 0.4) is 0 Å². The Morgan fingerprint density at radius 2 is 2.24 bits per heavy atom. The normalized spacial score (nSPS) is 15.7. The molecule has 5 nitrogen and oxygen atoms in total. The molecule has 2 heterocycles. The number of hydrogen-bond acceptors (Lipinski definition) is 5. The summed E-state index contributed by atoms with van der Waals surface area (Å²) in [5.41, 5.74) is 0.438. The van der Waals surface area contributed by atoms with Gasteiger partial charge in [0.2, 0.25) is 0 Å². The molecule has 1 saturated heterocycles. The van der Waals surface area contributed by atoms with E-state index in [0.29, 0.717) is 18.0 Å². The van der Waals surface area contributed by atoms with Gasteiger partial charge in [-0.1, -0.05) is 0 Å². The Hall–Kier alpha value is -1.65. The van der Waals surface area contributed by atoms with E-state index in [2.05, 4.69) is 21.2 Å². The van der Waals surface area contributed by atoms with Gasteiger partial charge < -0.3 is 9.64 Å². The van der Waals surface area contributed by atoms with E-state index in [4.69, 9.17) is 4.74 Å². The SMILES string of the molecule is CCOC(=O)c1cn[c]nc1N1CCCCC1. The number of esters is 1. The Balaban J connectivity index is 2.23. The van der Waals surface area contributed by atoms with E-state index in [1.54, 1.807) is 6.92 Å². The van der Waals surface area contributed by atoms with Gasteiger partial charge in [-0.25, -0.2) is 14.8 Å². The van der Waals surface area contributed by atoms with Crippen LogP contribution in [-0.4, -0.2) is 35.6 Å². The summed E-state index contributed by atoms with van der Waals surface area (Å²) in [7, 11) is 0. The largest absolute Gasteiger partial charge is 0.462 e. The number of rotatable bonds is 3. The second-order valence-electron chi connectivity index (χ2n) is 3.98. The molecule has 0 amide bonds. The molecule has 0 aliphatic carbocycles. The molecule has 0 atom stereocenters. The molecule has 5 heteroatoms. The summed E-state index contributed by atoms with van der Waals surface area (Å²) >= 11 is 0. The van der Waals surface area contributed by atoms with Crippen LogP contribution in [0, 0.1) is 6.33 Å². The van der Waals surface area contributed by atoms with Crippen LogP contribution in [0.4, 0.5) is 5.82 Å². The summed E-state index contributed by atoms with van der Waals surface area (Å²) in [5.74, 6) is 0.292. The fraction of sp³-hybridized carbons (Fsp3) is 0.583. The number of aromatic nitrogens is 2. The first kappa shape index (κ1) is 11.8. The Labute approximate surface area is 101 Å². The van der Waals surface area contributed by atoms with E-state index in [1.165, 1.54) is 12.6 Å². The maximum atomic E-state index is 11.8. The van der Waals surface area contributed by atoms with E-state index < -0.39 is 0 Å². The predicted molar refractivity (Wildman–Crippen MR) is 62.9 cm³/mol. The molecular weight excluding hydrogens is 218 g/mol.